The van der Waals surface area contributed by atoms with Crippen LogP contribution in [0.1, 0.15) is 0 Å². The maximum absolute atomic E-state index is 4.09. The zero-order chi connectivity index (χ0) is 10.1. The summed E-state index contributed by atoms with van der Waals surface area (Å²) in [4.78, 5) is 2.41. The van der Waals surface area contributed by atoms with E-state index in [4.69, 9.17) is 0 Å². The molecule has 2 N–H and O–H groups in total. The Morgan fingerprint density at radius 2 is 1.88 bits per heavy atom. The average Bonchev–Trinajstić information content (AvgIpc) is 2.78. The van der Waals surface area contributed by atoms with Crippen LogP contribution in [0.2, 0.25) is 0 Å². The van der Waals surface area contributed by atoms with E-state index in [0.29, 0.717) is 0 Å². The van der Waals surface area contributed by atoms with Crippen LogP contribution in [-0.2, 0) is 0 Å². The number of H-pyrrole nitrogens is 1. The highest BCUT2D eigenvalue weighted by atomic mass is 35.5. The topological polar surface area (TPSA) is 44.0 Å². The van der Waals surface area contributed by atoms with Crippen molar-refractivity contribution in [2.24, 2.45) is 0 Å². The van der Waals surface area contributed by atoms with Crippen LogP contribution in [-0.4, -0.2) is 36.4 Å². The molecule has 94 valence electrons. The van der Waals surface area contributed by atoms with Gasteiger partial charge in [0.05, 0.1) is 11.7 Å². The lowest BCUT2D eigenvalue weighted by Gasteiger charge is -2.29. The van der Waals surface area contributed by atoms with Gasteiger partial charge in [-0.3, -0.25) is 5.10 Å². The summed E-state index contributed by atoms with van der Waals surface area (Å²) in [6.07, 6.45) is 1.91. The first-order valence-electron chi connectivity index (χ1n) is 5.33. The number of anilines is 1. The van der Waals surface area contributed by atoms with Crippen LogP contribution in [0, 0.1) is 0 Å². The smallest absolute Gasteiger partial charge is 0.0671 e. The van der Waals surface area contributed by atoms with E-state index in [9.17, 15) is 0 Å². The molecule has 4 nitrogen and oxygen atoms in total. The molecule has 1 aliphatic rings. The molecule has 2 aromatic rings. The third-order valence-electron chi connectivity index (χ3n) is 2.92. The number of piperazine rings is 1. The fourth-order valence-corrected chi connectivity index (χ4v) is 2.13. The van der Waals surface area contributed by atoms with Crippen LogP contribution in [0.4, 0.5) is 5.69 Å². The van der Waals surface area contributed by atoms with Crippen LogP contribution in [0.5, 0.6) is 0 Å². The van der Waals surface area contributed by atoms with E-state index in [-0.39, 0.29) is 24.8 Å². The number of hydrogen-bond donors (Lipinski definition) is 2. The highest BCUT2D eigenvalue weighted by Gasteiger charge is 2.13. The van der Waals surface area contributed by atoms with Crippen LogP contribution in [0.3, 0.4) is 0 Å². The van der Waals surface area contributed by atoms with E-state index in [1.54, 1.807) is 0 Å². The fraction of sp³-hybridized carbons (Fsp3) is 0.364. The number of aromatic nitrogens is 2. The van der Waals surface area contributed by atoms with E-state index in [0.717, 1.165) is 31.7 Å². The zero-order valence-corrected chi connectivity index (χ0v) is 11.0. The van der Waals surface area contributed by atoms with Gasteiger partial charge in [-0.05, 0) is 12.1 Å². The van der Waals surface area contributed by atoms with Crippen LogP contribution >= 0.6 is 24.8 Å². The number of benzene rings is 1. The van der Waals surface area contributed by atoms with Gasteiger partial charge in [0.1, 0.15) is 0 Å². The quantitative estimate of drug-likeness (QED) is 0.834. The molecule has 6 heteroatoms. The second kappa shape index (κ2) is 6.10. The van der Waals surface area contributed by atoms with E-state index in [2.05, 4.69) is 38.6 Å². The summed E-state index contributed by atoms with van der Waals surface area (Å²) in [5, 5.41) is 11.7. The van der Waals surface area contributed by atoms with Gasteiger partial charge in [0.15, 0.2) is 0 Å². The van der Waals surface area contributed by atoms with E-state index >= 15 is 0 Å². The molecule has 0 bridgehead atoms. The standard InChI is InChI=1S/C11H14N4.2ClH/c1-2-10-9(8-13-14-10)11(3-1)15-6-4-12-5-7-15;;/h1-3,8,12H,4-7H2,(H,13,14);2*1H. The Balaban J connectivity index is 0.000000722. The Bertz CT molecular complexity index is 465. The molecule has 0 atom stereocenters. The van der Waals surface area contributed by atoms with Crippen molar-refractivity contribution in [3.05, 3.63) is 24.4 Å². The summed E-state index contributed by atoms with van der Waals surface area (Å²) in [5.74, 6) is 0. The van der Waals surface area contributed by atoms with Gasteiger partial charge in [0, 0.05) is 37.3 Å². The SMILES string of the molecule is Cl.Cl.c1cc(N2CCNCC2)c2cn[nH]c2c1. The van der Waals surface area contributed by atoms with Crippen molar-refractivity contribution < 1.29 is 0 Å². The van der Waals surface area contributed by atoms with Gasteiger partial charge in [-0.15, -0.1) is 24.8 Å². The molecule has 3 rings (SSSR count). The molecule has 1 aromatic heterocycles. The van der Waals surface area contributed by atoms with Crippen molar-refractivity contribution in [1.29, 1.82) is 0 Å². The number of rotatable bonds is 1. The van der Waals surface area contributed by atoms with Crippen molar-refractivity contribution >= 4 is 41.4 Å². The summed E-state index contributed by atoms with van der Waals surface area (Å²) < 4.78 is 0. The molecule has 0 unspecified atom stereocenters. The second-order valence-electron chi connectivity index (χ2n) is 3.85. The Morgan fingerprint density at radius 3 is 2.65 bits per heavy atom. The molecule has 2 heterocycles. The van der Waals surface area contributed by atoms with Crippen molar-refractivity contribution in [3.63, 3.8) is 0 Å². The van der Waals surface area contributed by atoms with E-state index in [1.807, 2.05) is 6.20 Å². The Kier molecular flexibility index (Phi) is 5.05. The number of nitrogens with one attached hydrogen (secondary N) is 2. The normalized spacial score (nSPS) is 15.2. The summed E-state index contributed by atoms with van der Waals surface area (Å²) >= 11 is 0. The average molecular weight is 275 g/mol. The van der Waals surface area contributed by atoms with Gasteiger partial charge in [-0.25, -0.2) is 0 Å². The summed E-state index contributed by atoms with van der Waals surface area (Å²) in [5.41, 5.74) is 2.41. The molecule has 0 radical (unpaired) electrons. The molecule has 1 saturated heterocycles. The molecule has 0 spiro atoms. The lowest BCUT2D eigenvalue weighted by atomic mass is 10.2. The predicted octanol–water partition coefficient (Wildman–Crippen LogP) is 1.82. The summed E-state index contributed by atoms with van der Waals surface area (Å²) in [7, 11) is 0. The van der Waals surface area contributed by atoms with Crippen LogP contribution < -0.4 is 10.2 Å². The number of nitrogens with zero attached hydrogens (tertiary/aromatic N) is 2. The number of hydrogen-bond acceptors (Lipinski definition) is 3. The van der Waals surface area contributed by atoms with Gasteiger partial charge in [0.25, 0.3) is 0 Å². The monoisotopic (exact) mass is 274 g/mol. The molecule has 1 fully saturated rings. The molecule has 0 aliphatic carbocycles. The third-order valence-corrected chi connectivity index (χ3v) is 2.92. The van der Waals surface area contributed by atoms with E-state index < -0.39 is 0 Å². The van der Waals surface area contributed by atoms with Crippen molar-refractivity contribution in [1.82, 2.24) is 15.5 Å². The second-order valence-corrected chi connectivity index (χ2v) is 3.85. The zero-order valence-electron chi connectivity index (χ0n) is 9.35. The third kappa shape index (κ3) is 2.65. The summed E-state index contributed by atoms with van der Waals surface area (Å²) in [6.45, 7) is 4.27. The van der Waals surface area contributed by atoms with E-state index in [1.165, 1.54) is 11.1 Å². The summed E-state index contributed by atoms with van der Waals surface area (Å²) in [6, 6.07) is 6.31. The first-order valence-corrected chi connectivity index (χ1v) is 5.33. The maximum atomic E-state index is 4.09. The number of aromatic amines is 1. The minimum absolute atomic E-state index is 0. The highest BCUT2D eigenvalue weighted by Crippen LogP contribution is 2.25. The number of fused-ring (bicyclic) bond motifs is 1. The van der Waals surface area contributed by atoms with Gasteiger partial charge in [0.2, 0.25) is 0 Å². The first kappa shape index (κ1) is 14.1. The molecule has 0 amide bonds. The lowest BCUT2D eigenvalue weighted by molar-refractivity contribution is 0.590. The Labute approximate surface area is 113 Å². The molecular weight excluding hydrogens is 259 g/mol. The van der Waals surface area contributed by atoms with Gasteiger partial charge < -0.3 is 10.2 Å². The largest absolute Gasteiger partial charge is 0.368 e. The first-order chi connectivity index (χ1) is 7.45. The molecule has 1 aliphatic heterocycles. The lowest BCUT2D eigenvalue weighted by Crippen LogP contribution is -2.43. The van der Waals surface area contributed by atoms with Gasteiger partial charge in [-0.2, -0.15) is 5.10 Å². The van der Waals surface area contributed by atoms with Crippen molar-refractivity contribution in [3.8, 4) is 0 Å². The Morgan fingerprint density at radius 1 is 1.12 bits per heavy atom. The van der Waals surface area contributed by atoms with Gasteiger partial charge in [-0.1, -0.05) is 6.07 Å². The van der Waals surface area contributed by atoms with Crippen molar-refractivity contribution in [2.45, 2.75) is 0 Å². The molecule has 17 heavy (non-hydrogen) atoms. The fourth-order valence-electron chi connectivity index (χ4n) is 2.13. The molecule has 0 saturated carbocycles. The highest BCUT2D eigenvalue weighted by molar-refractivity contribution is 5.91. The molecular formula is C11H16Cl2N4. The maximum Gasteiger partial charge on any atom is 0.0671 e. The van der Waals surface area contributed by atoms with Crippen molar-refractivity contribution in [2.75, 3.05) is 31.1 Å². The molecule has 1 aromatic carbocycles. The minimum Gasteiger partial charge on any atom is -0.368 e. The number of halogens is 2. The van der Waals surface area contributed by atoms with Gasteiger partial charge >= 0.3 is 0 Å². The Hall–Kier alpha value is -0.970. The van der Waals surface area contributed by atoms with Crippen LogP contribution in [0.25, 0.3) is 10.9 Å². The minimum atomic E-state index is 0. The van der Waals surface area contributed by atoms with Crippen LogP contribution in [0.15, 0.2) is 24.4 Å². The predicted molar refractivity (Wildman–Crippen MR) is 75.7 cm³/mol.